The second-order valence-electron chi connectivity index (χ2n) is 4.44. The van der Waals surface area contributed by atoms with E-state index in [4.69, 9.17) is 10.00 Å². The molecule has 90 valence electrons. The molecule has 0 aromatic heterocycles. The molecule has 0 N–H and O–H groups in total. The zero-order valence-corrected chi connectivity index (χ0v) is 11.6. The van der Waals surface area contributed by atoms with Crippen molar-refractivity contribution in [3.8, 4) is 6.07 Å². The maximum atomic E-state index is 8.89. The Morgan fingerprint density at radius 2 is 2.00 bits per heavy atom. The summed E-state index contributed by atoms with van der Waals surface area (Å²) in [5.41, 5.74) is 1.81. The molecule has 0 spiro atoms. The van der Waals surface area contributed by atoms with Crippen LogP contribution in [0.4, 0.5) is 5.69 Å². The van der Waals surface area contributed by atoms with Gasteiger partial charge in [-0.3, -0.25) is 0 Å². The molecule has 3 nitrogen and oxygen atoms in total. The van der Waals surface area contributed by atoms with E-state index in [0.717, 1.165) is 23.2 Å². The molecule has 0 unspecified atom stereocenters. The van der Waals surface area contributed by atoms with Gasteiger partial charge < -0.3 is 9.64 Å². The molecule has 1 heterocycles. The van der Waals surface area contributed by atoms with Gasteiger partial charge in [0.1, 0.15) is 6.07 Å². The molecule has 1 fully saturated rings. The van der Waals surface area contributed by atoms with Crippen molar-refractivity contribution in [3.63, 3.8) is 0 Å². The minimum Gasteiger partial charge on any atom is -0.372 e. The van der Waals surface area contributed by atoms with Crippen LogP contribution in [0.1, 0.15) is 19.4 Å². The standard InChI is InChI=1S/C13H15BrN2O/c1-9-7-16(8-10(2)17-9)12-4-3-11(6-15)13(14)5-12/h3-5,9-10H,7-8H2,1-2H3/t9-,10+. The maximum absolute atomic E-state index is 8.89. The monoisotopic (exact) mass is 294 g/mol. The molecule has 2 atom stereocenters. The Labute approximate surface area is 110 Å². The van der Waals surface area contributed by atoms with E-state index in [1.54, 1.807) is 0 Å². The molecule has 4 heteroatoms. The van der Waals surface area contributed by atoms with Crippen LogP contribution in [-0.2, 0) is 4.74 Å². The van der Waals surface area contributed by atoms with Crippen molar-refractivity contribution >= 4 is 21.6 Å². The third kappa shape index (κ3) is 2.80. The van der Waals surface area contributed by atoms with Crippen molar-refractivity contribution < 1.29 is 4.74 Å². The highest BCUT2D eigenvalue weighted by Crippen LogP contribution is 2.26. The van der Waals surface area contributed by atoms with Crippen LogP contribution in [0.15, 0.2) is 22.7 Å². The van der Waals surface area contributed by atoms with Gasteiger partial charge in [0.05, 0.1) is 17.8 Å². The largest absolute Gasteiger partial charge is 0.372 e. The first kappa shape index (κ1) is 12.4. The number of benzene rings is 1. The van der Waals surface area contributed by atoms with Gasteiger partial charge in [0.25, 0.3) is 0 Å². The minimum atomic E-state index is 0.244. The first-order valence-electron chi connectivity index (χ1n) is 5.70. The van der Waals surface area contributed by atoms with E-state index >= 15 is 0 Å². The Morgan fingerprint density at radius 3 is 2.53 bits per heavy atom. The summed E-state index contributed by atoms with van der Waals surface area (Å²) in [4.78, 5) is 2.30. The topological polar surface area (TPSA) is 36.3 Å². The molecule has 2 rings (SSSR count). The highest BCUT2D eigenvalue weighted by Gasteiger charge is 2.22. The van der Waals surface area contributed by atoms with Gasteiger partial charge in [-0.05, 0) is 48.0 Å². The Bertz CT molecular complexity index is 445. The number of morpholine rings is 1. The van der Waals surface area contributed by atoms with E-state index in [1.807, 2.05) is 18.2 Å². The predicted octanol–water partition coefficient (Wildman–Crippen LogP) is 2.93. The van der Waals surface area contributed by atoms with Crippen molar-refractivity contribution in [1.29, 1.82) is 5.26 Å². The normalized spacial score (nSPS) is 24.5. The second-order valence-corrected chi connectivity index (χ2v) is 5.29. The fourth-order valence-electron chi connectivity index (χ4n) is 2.18. The van der Waals surface area contributed by atoms with Crippen LogP contribution in [0.2, 0.25) is 0 Å². The number of rotatable bonds is 1. The Balaban J connectivity index is 2.22. The number of hydrogen-bond donors (Lipinski definition) is 0. The molecule has 1 aliphatic rings. The first-order valence-corrected chi connectivity index (χ1v) is 6.49. The summed E-state index contributed by atoms with van der Waals surface area (Å²) in [6.45, 7) is 5.95. The quantitative estimate of drug-likeness (QED) is 0.799. The first-order chi connectivity index (χ1) is 8.10. The minimum absolute atomic E-state index is 0.244. The average molecular weight is 295 g/mol. The maximum Gasteiger partial charge on any atom is 0.100 e. The fourth-order valence-corrected chi connectivity index (χ4v) is 2.64. The van der Waals surface area contributed by atoms with E-state index in [0.29, 0.717) is 5.56 Å². The van der Waals surface area contributed by atoms with Crippen molar-refractivity contribution in [2.24, 2.45) is 0 Å². The molecule has 17 heavy (non-hydrogen) atoms. The number of hydrogen-bond acceptors (Lipinski definition) is 3. The van der Waals surface area contributed by atoms with Crippen LogP contribution < -0.4 is 4.90 Å². The zero-order valence-electron chi connectivity index (χ0n) is 9.98. The van der Waals surface area contributed by atoms with Crippen molar-refractivity contribution in [3.05, 3.63) is 28.2 Å². The summed E-state index contributed by atoms with van der Waals surface area (Å²) >= 11 is 3.42. The lowest BCUT2D eigenvalue weighted by Crippen LogP contribution is -2.45. The summed E-state index contributed by atoms with van der Waals surface area (Å²) in [5, 5.41) is 8.89. The number of halogens is 1. The van der Waals surface area contributed by atoms with Gasteiger partial charge >= 0.3 is 0 Å². The van der Waals surface area contributed by atoms with E-state index in [9.17, 15) is 0 Å². The molecule has 1 aromatic carbocycles. The molecule has 1 saturated heterocycles. The Kier molecular flexibility index (Phi) is 3.70. The number of nitriles is 1. The van der Waals surface area contributed by atoms with Gasteiger partial charge in [-0.15, -0.1) is 0 Å². The van der Waals surface area contributed by atoms with Gasteiger partial charge in [0.15, 0.2) is 0 Å². The molecular weight excluding hydrogens is 280 g/mol. The summed E-state index contributed by atoms with van der Waals surface area (Å²) in [7, 11) is 0. The van der Waals surface area contributed by atoms with Gasteiger partial charge in [0, 0.05) is 23.2 Å². The van der Waals surface area contributed by atoms with Crippen LogP contribution in [0.3, 0.4) is 0 Å². The summed E-state index contributed by atoms with van der Waals surface area (Å²) in [6.07, 6.45) is 0.487. The molecule has 0 radical (unpaired) electrons. The Hall–Kier alpha value is -1.05. The molecule has 0 amide bonds. The van der Waals surface area contributed by atoms with Gasteiger partial charge in [0.2, 0.25) is 0 Å². The van der Waals surface area contributed by atoms with Crippen LogP contribution in [-0.4, -0.2) is 25.3 Å². The third-order valence-corrected chi connectivity index (χ3v) is 3.51. The van der Waals surface area contributed by atoms with Crippen LogP contribution in [0.5, 0.6) is 0 Å². The van der Waals surface area contributed by atoms with E-state index in [2.05, 4.69) is 40.7 Å². The lowest BCUT2D eigenvalue weighted by Gasteiger charge is -2.37. The van der Waals surface area contributed by atoms with Crippen LogP contribution in [0.25, 0.3) is 0 Å². The van der Waals surface area contributed by atoms with E-state index < -0.39 is 0 Å². The fraction of sp³-hybridized carbons (Fsp3) is 0.462. The predicted molar refractivity (Wildman–Crippen MR) is 71.1 cm³/mol. The summed E-state index contributed by atoms with van der Waals surface area (Å²) in [5.74, 6) is 0. The van der Waals surface area contributed by atoms with Gasteiger partial charge in [-0.1, -0.05) is 0 Å². The van der Waals surface area contributed by atoms with Gasteiger partial charge in [-0.25, -0.2) is 0 Å². The highest BCUT2D eigenvalue weighted by atomic mass is 79.9. The van der Waals surface area contributed by atoms with Crippen LogP contribution in [0, 0.1) is 11.3 Å². The molecule has 0 aliphatic carbocycles. The third-order valence-electron chi connectivity index (χ3n) is 2.86. The zero-order chi connectivity index (χ0) is 12.4. The lowest BCUT2D eigenvalue weighted by atomic mass is 10.1. The van der Waals surface area contributed by atoms with Crippen molar-refractivity contribution in [2.75, 3.05) is 18.0 Å². The van der Waals surface area contributed by atoms with Crippen LogP contribution >= 0.6 is 15.9 Å². The summed E-state index contributed by atoms with van der Waals surface area (Å²) < 4.78 is 6.56. The highest BCUT2D eigenvalue weighted by molar-refractivity contribution is 9.10. The van der Waals surface area contributed by atoms with Crippen molar-refractivity contribution in [1.82, 2.24) is 0 Å². The smallest absolute Gasteiger partial charge is 0.100 e. The SMILES string of the molecule is C[C@@H]1CN(c2ccc(C#N)c(Br)c2)C[C@H](C)O1. The molecule has 0 saturated carbocycles. The number of nitrogens with zero attached hydrogens (tertiary/aromatic N) is 2. The van der Waals surface area contributed by atoms with Gasteiger partial charge in [-0.2, -0.15) is 5.26 Å². The molecule has 1 aromatic rings. The number of ether oxygens (including phenoxy) is 1. The summed E-state index contributed by atoms with van der Waals surface area (Å²) in [6, 6.07) is 8.00. The molecular formula is C13H15BrN2O. The Morgan fingerprint density at radius 1 is 1.35 bits per heavy atom. The average Bonchev–Trinajstić information content (AvgIpc) is 2.27. The van der Waals surface area contributed by atoms with Crippen molar-refractivity contribution in [2.45, 2.75) is 26.1 Å². The number of anilines is 1. The molecule has 1 aliphatic heterocycles. The van der Waals surface area contributed by atoms with E-state index in [-0.39, 0.29) is 12.2 Å². The van der Waals surface area contributed by atoms with E-state index in [1.165, 1.54) is 0 Å². The second kappa shape index (κ2) is 5.07. The lowest BCUT2D eigenvalue weighted by molar-refractivity contribution is -0.00521. The molecule has 0 bridgehead atoms.